The van der Waals surface area contributed by atoms with Crippen LogP contribution in [0.1, 0.15) is 0 Å². The van der Waals surface area contributed by atoms with Crippen LogP contribution in [0.25, 0.3) is 32.3 Å². The molecule has 0 spiro atoms. The van der Waals surface area contributed by atoms with Gasteiger partial charge in [-0.15, -0.1) is 0 Å². The van der Waals surface area contributed by atoms with Crippen LogP contribution in [0.5, 0.6) is 17.2 Å². The van der Waals surface area contributed by atoms with E-state index in [4.69, 9.17) is 14.2 Å². The molecule has 1 aromatic heterocycles. The molecule has 4 rings (SSSR count). The Morgan fingerprint density at radius 2 is 1.48 bits per heavy atom. The number of aromatic amines is 1. The number of nitrogens with one attached hydrogen (secondary N) is 1. The van der Waals surface area contributed by atoms with Crippen molar-refractivity contribution in [1.82, 2.24) is 4.98 Å². The lowest BCUT2D eigenvalue weighted by atomic mass is 9.94. The Balaban J connectivity index is 2.38. The molecule has 0 fully saturated rings. The summed E-state index contributed by atoms with van der Waals surface area (Å²) in [6, 6.07) is 11.4. The molecular weight excluding hydrogens is 318 g/mol. The van der Waals surface area contributed by atoms with Crippen molar-refractivity contribution in [2.45, 2.75) is 0 Å². The quantitative estimate of drug-likeness (QED) is 0.578. The van der Waals surface area contributed by atoms with E-state index in [1.807, 2.05) is 36.4 Å². The molecule has 3 aromatic carbocycles. The molecule has 0 amide bonds. The molecule has 0 saturated carbocycles. The first kappa shape index (κ1) is 15.3. The van der Waals surface area contributed by atoms with E-state index in [1.54, 1.807) is 27.5 Å². The second-order valence-corrected chi connectivity index (χ2v) is 5.73. The number of benzene rings is 3. The average Bonchev–Trinajstić information content (AvgIpc) is 2.66. The summed E-state index contributed by atoms with van der Waals surface area (Å²) in [5.74, 6) is 1.99. The van der Waals surface area contributed by atoms with Crippen molar-refractivity contribution >= 4 is 32.3 Å². The highest BCUT2D eigenvalue weighted by Gasteiger charge is 2.17. The van der Waals surface area contributed by atoms with Gasteiger partial charge in [0.2, 0.25) is 0 Å². The lowest BCUT2D eigenvalue weighted by Crippen LogP contribution is -2.06. The van der Waals surface area contributed by atoms with Gasteiger partial charge in [0, 0.05) is 11.6 Å². The number of fused-ring (bicyclic) bond motifs is 6. The molecule has 0 saturated heterocycles. The van der Waals surface area contributed by atoms with Gasteiger partial charge in [0.1, 0.15) is 5.75 Å². The molecular formula is C20H17NO4. The molecule has 0 aliphatic heterocycles. The largest absolute Gasteiger partial charge is 0.497 e. The van der Waals surface area contributed by atoms with Gasteiger partial charge in [-0.2, -0.15) is 0 Å². The Morgan fingerprint density at radius 1 is 0.760 bits per heavy atom. The van der Waals surface area contributed by atoms with E-state index < -0.39 is 0 Å². The maximum Gasteiger partial charge on any atom is 0.256 e. The molecule has 1 N–H and O–H groups in total. The van der Waals surface area contributed by atoms with Crippen LogP contribution < -0.4 is 19.8 Å². The Labute approximate surface area is 143 Å². The Hall–Kier alpha value is -3.21. The number of aromatic nitrogens is 1. The summed E-state index contributed by atoms with van der Waals surface area (Å²) in [6.07, 6.45) is 1.66. The van der Waals surface area contributed by atoms with Crippen LogP contribution in [-0.4, -0.2) is 26.3 Å². The second-order valence-electron chi connectivity index (χ2n) is 5.73. The van der Waals surface area contributed by atoms with Crippen LogP contribution in [0.15, 0.2) is 47.4 Å². The molecule has 5 heteroatoms. The second kappa shape index (κ2) is 5.70. The fourth-order valence-electron chi connectivity index (χ4n) is 3.46. The van der Waals surface area contributed by atoms with Gasteiger partial charge in [-0.1, -0.05) is 0 Å². The summed E-state index contributed by atoms with van der Waals surface area (Å²) in [6.45, 7) is 0. The fraction of sp³-hybridized carbons (Fsp3) is 0.150. The van der Waals surface area contributed by atoms with Crippen LogP contribution in [0.2, 0.25) is 0 Å². The number of H-pyrrole nitrogens is 1. The van der Waals surface area contributed by atoms with E-state index >= 15 is 0 Å². The van der Waals surface area contributed by atoms with Crippen LogP contribution >= 0.6 is 0 Å². The van der Waals surface area contributed by atoms with Gasteiger partial charge in [0.05, 0.1) is 26.7 Å². The van der Waals surface area contributed by atoms with Crippen molar-refractivity contribution < 1.29 is 14.2 Å². The van der Waals surface area contributed by atoms with Crippen LogP contribution in [0.4, 0.5) is 0 Å². The zero-order valence-corrected chi connectivity index (χ0v) is 14.2. The SMILES string of the molecule is COc1ccc2c(c1)c1c(=O)[nH]ccc1c1ccc(OC)c(OC)c12. The molecule has 0 bridgehead atoms. The summed E-state index contributed by atoms with van der Waals surface area (Å²) in [5.41, 5.74) is -0.132. The van der Waals surface area contributed by atoms with Crippen molar-refractivity contribution in [3.63, 3.8) is 0 Å². The molecule has 126 valence electrons. The Bertz CT molecular complexity index is 1180. The van der Waals surface area contributed by atoms with Crippen LogP contribution in [-0.2, 0) is 0 Å². The molecule has 1 heterocycles. The van der Waals surface area contributed by atoms with E-state index in [0.29, 0.717) is 22.6 Å². The highest BCUT2D eigenvalue weighted by atomic mass is 16.5. The van der Waals surface area contributed by atoms with Gasteiger partial charge >= 0.3 is 0 Å². The first-order valence-electron chi connectivity index (χ1n) is 7.85. The van der Waals surface area contributed by atoms with Crippen molar-refractivity contribution in [1.29, 1.82) is 0 Å². The number of ether oxygens (including phenoxy) is 3. The van der Waals surface area contributed by atoms with Crippen molar-refractivity contribution in [3.05, 3.63) is 52.9 Å². The summed E-state index contributed by atoms with van der Waals surface area (Å²) >= 11 is 0. The topological polar surface area (TPSA) is 60.6 Å². The Kier molecular flexibility index (Phi) is 3.50. The third kappa shape index (κ3) is 2.12. The number of rotatable bonds is 3. The number of pyridine rings is 1. The monoisotopic (exact) mass is 335 g/mol. The van der Waals surface area contributed by atoms with Gasteiger partial charge < -0.3 is 19.2 Å². The van der Waals surface area contributed by atoms with Crippen molar-refractivity contribution in [3.8, 4) is 17.2 Å². The number of hydrogen-bond acceptors (Lipinski definition) is 4. The lowest BCUT2D eigenvalue weighted by Gasteiger charge is -2.15. The highest BCUT2D eigenvalue weighted by molar-refractivity contribution is 6.27. The van der Waals surface area contributed by atoms with Gasteiger partial charge in [-0.3, -0.25) is 4.79 Å². The van der Waals surface area contributed by atoms with E-state index in [1.165, 1.54) is 0 Å². The molecule has 0 atom stereocenters. The molecule has 25 heavy (non-hydrogen) atoms. The molecule has 0 radical (unpaired) electrons. The molecule has 0 unspecified atom stereocenters. The zero-order chi connectivity index (χ0) is 17.6. The minimum atomic E-state index is -0.132. The average molecular weight is 335 g/mol. The van der Waals surface area contributed by atoms with Gasteiger partial charge in [0.15, 0.2) is 11.5 Å². The van der Waals surface area contributed by atoms with E-state index in [0.717, 1.165) is 26.9 Å². The van der Waals surface area contributed by atoms with Gasteiger partial charge in [-0.25, -0.2) is 0 Å². The summed E-state index contributed by atoms with van der Waals surface area (Å²) in [7, 11) is 4.84. The summed E-state index contributed by atoms with van der Waals surface area (Å²) in [4.78, 5) is 15.3. The Morgan fingerprint density at radius 3 is 2.20 bits per heavy atom. The van der Waals surface area contributed by atoms with Gasteiger partial charge in [-0.05, 0) is 57.9 Å². The molecule has 0 aliphatic carbocycles. The number of hydrogen-bond donors (Lipinski definition) is 1. The smallest absolute Gasteiger partial charge is 0.256 e. The standard InChI is InChI=1S/C20H17NO4/c1-23-11-4-5-13-15(10-11)18-14(8-9-21-20(18)22)12-6-7-16(24-2)19(25-3)17(12)13/h4-10H,1-3H3,(H,21,22). The highest BCUT2D eigenvalue weighted by Crippen LogP contribution is 2.43. The van der Waals surface area contributed by atoms with E-state index in [-0.39, 0.29) is 5.56 Å². The first-order chi connectivity index (χ1) is 12.2. The lowest BCUT2D eigenvalue weighted by molar-refractivity contribution is 0.359. The minimum absolute atomic E-state index is 0.132. The van der Waals surface area contributed by atoms with E-state index in [9.17, 15) is 4.79 Å². The third-order valence-electron chi connectivity index (χ3n) is 4.56. The zero-order valence-electron chi connectivity index (χ0n) is 14.2. The third-order valence-corrected chi connectivity index (χ3v) is 4.56. The molecule has 5 nitrogen and oxygen atoms in total. The van der Waals surface area contributed by atoms with Crippen LogP contribution in [0.3, 0.4) is 0 Å². The normalized spacial score (nSPS) is 11.2. The maximum absolute atomic E-state index is 12.6. The van der Waals surface area contributed by atoms with Crippen molar-refractivity contribution in [2.24, 2.45) is 0 Å². The van der Waals surface area contributed by atoms with Gasteiger partial charge in [0.25, 0.3) is 5.56 Å². The molecule has 4 aromatic rings. The maximum atomic E-state index is 12.6. The first-order valence-corrected chi connectivity index (χ1v) is 7.85. The molecule has 0 aliphatic rings. The van der Waals surface area contributed by atoms with E-state index in [2.05, 4.69) is 4.98 Å². The predicted octanol–water partition coefficient (Wildman–Crippen LogP) is 3.86. The summed E-state index contributed by atoms with van der Waals surface area (Å²) < 4.78 is 16.5. The number of methoxy groups -OCH3 is 3. The van der Waals surface area contributed by atoms with Crippen LogP contribution in [0, 0.1) is 0 Å². The predicted molar refractivity (Wildman–Crippen MR) is 99.2 cm³/mol. The fourth-order valence-corrected chi connectivity index (χ4v) is 3.46. The minimum Gasteiger partial charge on any atom is -0.497 e. The summed E-state index contributed by atoms with van der Waals surface area (Å²) in [5, 5.41) is 5.08. The van der Waals surface area contributed by atoms with Crippen molar-refractivity contribution in [2.75, 3.05) is 21.3 Å².